The molecule has 1 unspecified atom stereocenters. The lowest BCUT2D eigenvalue weighted by Gasteiger charge is -2.19. The number of hydrogen-bond acceptors (Lipinski definition) is 3. The molecule has 0 saturated heterocycles. The van der Waals surface area contributed by atoms with Gasteiger partial charge in [0.25, 0.3) is 0 Å². The Morgan fingerprint density at radius 2 is 2.16 bits per heavy atom. The monoisotopic (exact) mass is 268 g/mol. The Morgan fingerprint density at radius 1 is 1.32 bits per heavy atom. The first-order chi connectivity index (χ1) is 9.29. The summed E-state index contributed by atoms with van der Waals surface area (Å²) in [6.45, 7) is 1.99. The van der Waals surface area contributed by atoms with E-state index < -0.39 is 0 Å². The smallest absolute Gasteiger partial charge is 0.102 e. The fraction of sp³-hybridized carbons (Fsp3) is 0.312. The van der Waals surface area contributed by atoms with E-state index in [4.69, 9.17) is 0 Å². The van der Waals surface area contributed by atoms with Gasteiger partial charge >= 0.3 is 0 Å². The second-order valence-corrected chi connectivity index (χ2v) is 6.06. The summed E-state index contributed by atoms with van der Waals surface area (Å²) in [5, 5.41) is 15.0. The Bertz CT molecular complexity index is 606. The third-order valence-electron chi connectivity index (χ3n) is 3.64. The molecule has 1 aliphatic rings. The highest BCUT2D eigenvalue weighted by Crippen LogP contribution is 2.44. The minimum absolute atomic E-state index is 0.355. The lowest BCUT2D eigenvalue weighted by Crippen LogP contribution is -2.12. The van der Waals surface area contributed by atoms with E-state index in [9.17, 15) is 5.26 Å². The molecule has 0 spiro atoms. The fourth-order valence-corrected chi connectivity index (χ4v) is 3.29. The van der Waals surface area contributed by atoms with Crippen molar-refractivity contribution >= 4 is 17.0 Å². The topological polar surface area (TPSA) is 35.8 Å². The zero-order valence-electron chi connectivity index (χ0n) is 10.9. The summed E-state index contributed by atoms with van der Waals surface area (Å²) in [4.78, 5) is 1.37. The second-order valence-electron chi connectivity index (χ2n) is 5.08. The minimum Gasteiger partial charge on any atom is -0.376 e. The van der Waals surface area contributed by atoms with Crippen molar-refractivity contribution in [2.75, 3.05) is 5.32 Å². The largest absolute Gasteiger partial charge is 0.376 e. The van der Waals surface area contributed by atoms with E-state index in [1.165, 1.54) is 17.7 Å². The molecule has 0 aliphatic heterocycles. The molecule has 2 aromatic rings. The van der Waals surface area contributed by atoms with Gasteiger partial charge in [0.15, 0.2) is 0 Å². The van der Waals surface area contributed by atoms with Gasteiger partial charge in [-0.1, -0.05) is 18.2 Å². The summed E-state index contributed by atoms with van der Waals surface area (Å²) in [5.41, 5.74) is 2.77. The fourth-order valence-electron chi connectivity index (χ4n) is 2.42. The summed E-state index contributed by atoms with van der Waals surface area (Å²) in [6.07, 6.45) is 2.56. The first-order valence-corrected chi connectivity index (χ1v) is 7.47. The molecule has 96 valence electrons. The number of nitrogens with zero attached hydrogens (tertiary/aromatic N) is 1. The number of thiophene rings is 1. The molecule has 0 bridgehead atoms. The Hall–Kier alpha value is -1.79. The van der Waals surface area contributed by atoms with Crippen molar-refractivity contribution in [3.8, 4) is 6.07 Å². The molecule has 2 nitrogen and oxygen atoms in total. The van der Waals surface area contributed by atoms with Crippen molar-refractivity contribution in [1.82, 2.24) is 0 Å². The van der Waals surface area contributed by atoms with E-state index in [0.717, 1.165) is 16.8 Å². The van der Waals surface area contributed by atoms with E-state index in [-0.39, 0.29) is 0 Å². The Kier molecular flexibility index (Phi) is 3.27. The quantitative estimate of drug-likeness (QED) is 0.886. The lowest BCUT2D eigenvalue weighted by molar-refractivity contribution is 0.691. The summed E-state index contributed by atoms with van der Waals surface area (Å²) in [7, 11) is 0. The Labute approximate surface area is 117 Å². The molecule has 0 radical (unpaired) electrons. The van der Waals surface area contributed by atoms with Crippen LogP contribution in [0.2, 0.25) is 0 Å². The number of hydrogen-bond donors (Lipinski definition) is 1. The van der Waals surface area contributed by atoms with Crippen molar-refractivity contribution in [2.45, 2.75) is 25.8 Å². The maximum absolute atomic E-state index is 9.31. The van der Waals surface area contributed by atoms with Crippen LogP contribution in [0.4, 0.5) is 5.69 Å². The average Bonchev–Trinajstić information content (AvgIpc) is 3.10. The van der Waals surface area contributed by atoms with Crippen LogP contribution in [-0.4, -0.2) is 0 Å². The summed E-state index contributed by atoms with van der Waals surface area (Å²) < 4.78 is 0. The molecule has 1 heterocycles. The molecule has 1 atom stereocenters. The third kappa shape index (κ3) is 2.50. The van der Waals surface area contributed by atoms with Gasteiger partial charge in [0, 0.05) is 4.88 Å². The molecule has 1 aliphatic carbocycles. The van der Waals surface area contributed by atoms with Crippen LogP contribution in [0, 0.1) is 24.2 Å². The molecule has 19 heavy (non-hydrogen) atoms. The molecule has 3 rings (SSSR count). The van der Waals surface area contributed by atoms with Crippen LogP contribution < -0.4 is 5.32 Å². The van der Waals surface area contributed by atoms with E-state index in [1.807, 2.05) is 25.1 Å². The van der Waals surface area contributed by atoms with Gasteiger partial charge in [-0.2, -0.15) is 5.26 Å². The van der Waals surface area contributed by atoms with Gasteiger partial charge in [-0.15, -0.1) is 11.3 Å². The standard InChI is InChI=1S/C16H16N2S/c1-11-4-2-5-14(13(11)10-17)18-16(12-7-8-12)15-6-3-9-19-15/h2-6,9,12,16,18H,7-8H2,1H3. The highest BCUT2D eigenvalue weighted by atomic mass is 32.1. The van der Waals surface area contributed by atoms with Crippen LogP contribution >= 0.6 is 11.3 Å². The van der Waals surface area contributed by atoms with Gasteiger partial charge in [0.05, 0.1) is 17.3 Å². The highest BCUT2D eigenvalue weighted by molar-refractivity contribution is 7.10. The van der Waals surface area contributed by atoms with Crippen LogP contribution in [0.5, 0.6) is 0 Å². The predicted molar refractivity (Wildman–Crippen MR) is 79.3 cm³/mol. The zero-order valence-corrected chi connectivity index (χ0v) is 11.7. The normalized spacial score (nSPS) is 15.8. The minimum atomic E-state index is 0.355. The van der Waals surface area contributed by atoms with Crippen molar-refractivity contribution in [2.24, 2.45) is 5.92 Å². The average molecular weight is 268 g/mol. The van der Waals surface area contributed by atoms with Crippen LogP contribution in [-0.2, 0) is 0 Å². The van der Waals surface area contributed by atoms with E-state index in [0.29, 0.717) is 12.0 Å². The number of benzene rings is 1. The molecular weight excluding hydrogens is 252 g/mol. The molecule has 3 heteroatoms. The van der Waals surface area contributed by atoms with Crippen molar-refractivity contribution < 1.29 is 0 Å². The van der Waals surface area contributed by atoms with Crippen LogP contribution in [0.15, 0.2) is 35.7 Å². The molecule has 1 N–H and O–H groups in total. The van der Waals surface area contributed by atoms with E-state index in [2.05, 4.69) is 28.9 Å². The van der Waals surface area contributed by atoms with Gasteiger partial charge in [0.2, 0.25) is 0 Å². The van der Waals surface area contributed by atoms with Crippen LogP contribution in [0.3, 0.4) is 0 Å². The second kappa shape index (κ2) is 5.07. The van der Waals surface area contributed by atoms with Crippen molar-refractivity contribution in [1.29, 1.82) is 5.26 Å². The van der Waals surface area contributed by atoms with Gasteiger partial charge in [-0.3, -0.25) is 0 Å². The lowest BCUT2D eigenvalue weighted by atomic mass is 10.1. The van der Waals surface area contributed by atoms with Gasteiger partial charge < -0.3 is 5.32 Å². The van der Waals surface area contributed by atoms with E-state index >= 15 is 0 Å². The first-order valence-electron chi connectivity index (χ1n) is 6.59. The molecule has 1 saturated carbocycles. The number of aryl methyl sites for hydroxylation is 1. The molecular formula is C16H16N2S. The number of nitrogens with one attached hydrogen (secondary N) is 1. The summed E-state index contributed by atoms with van der Waals surface area (Å²) >= 11 is 1.79. The predicted octanol–water partition coefficient (Wildman–Crippen LogP) is 4.49. The first kappa shape index (κ1) is 12.3. The summed E-state index contributed by atoms with van der Waals surface area (Å²) in [5.74, 6) is 0.714. The number of rotatable bonds is 4. The van der Waals surface area contributed by atoms with Crippen LogP contribution in [0.25, 0.3) is 0 Å². The number of anilines is 1. The van der Waals surface area contributed by atoms with Crippen molar-refractivity contribution in [3.63, 3.8) is 0 Å². The van der Waals surface area contributed by atoms with E-state index in [1.54, 1.807) is 11.3 Å². The maximum Gasteiger partial charge on any atom is 0.102 e. The number of nitriles is 1. The maximum atomic E-state index is 9.31. The van der Waals surface area contributed by atoms with Gasteiger partial charge in [0.1, 0.15) is 6.07 Å². The van der Waals surface area contributed by atoms with Gasteiger partial charge in [-0.25, -0.2) is 0 Å². The van der Waals surface area contributed by atoms with Crippen molar-refractivity contribution in [3.05, 3.63) is 51.7 Å². The SMILES string of the molecule is Cc1cccc(NC(c2cccs2)C2CC2)c1C#N. The third-order valence-corrected chi connectivity index (χ3v) is 4.59. The highest BCUT2D eigenvalue weighted by Gasteiger charge is 2.33. The zero-order chi connectivity index (χ0) is 13.2. The Morgan fingerprint density at radius 3 is 2.79 bits per heavy atom. The molecule has 1 fully saturated rings. The van der Waals surface area contributed by atoms with Crippen LogP contribution in [0.1, 0.15) is 34.9 Å². The summed E-state index contributed by atoms with van der Waals surface area (Å²) in [6, 6.07) is 13.0. The molecule has 1 aromatic heterocycles. The molecule has 1 aromatic carbocycles. The molecule has 0 amide bonds. The Balaban J connectivity index is 1.91. The van der Waals surface area contributed by atoms with Gasteiger partial charge in [-0.05, 0) is 48.8 Å².